The van der Waals surface area contributed by atoms with E-state index in [-0.39, 0.29) is 11.5 Å². The van der Waals surface area contributed by atoms with Crippen LogP contribution in [0.2, 0.25) is 0 Å². The predicted octanol–water partition coefficient (Wildman–Crippen LogP) is 5.54. The molecule has 6 nitrogen and oxygen atoms in total. The van der Waals surface area contributed by atoms with Crippen molar-refractivity contribution in [3.63, 3.8) is 0 Å². The topological polar surface area (TPSA) is 83.6 Å². The normalized spacial score (nSPS) is 11.4. The van der Waals surface area contributed by atoms with Crippen molar-refractivity contribution in [3.05, 3.63) is 70.3 Å². The number of aliphatic imine (C=N–C) groups is 2. The van der Waals surface area contributed by atoms with E-state index in [0.29, 0.717) is 22.6 Å². The smallest absolute Gasteiger partial charge is 0.166 e. The van der Waals surface area contributed by atoms with Crippen LogP contribution in [0, 0.1) is 20.8 Å². The summed E-state index contributed by atoms with van der Waals surface area (Å²) < 4.78 is 10.3. The largest absolute Gasteiger partial charge is 0.504 e. The molecule has 3 aromatic rings. The number of ether oxygens (including phenoxy) is 2. The molecule has 0 atom stereocenters. The summed E-state index contributed by atoms with van der Waals surface area (Å²) in [5.74, 6) is 0.875. The highest BCUT2D eigenvalue weighted by Gasteiger charge is 2.12. The highest BCUT2D eigenvalue weighted by atomic mass is 16.5. The number of aryl methyl sites for hydroxylation is 2. The van der Waals surface area contributed by atoms with Crippen LogP contribution in [0.3, 0.4) is 0 Å². The van der Waals surface area contributed by atoms with E-state index in [1.807, 2.05) is 26.8 Å². The Bertz CT molecular complexity index is 1080. The molecule has 2 N–H and O–H groups in total. The Morgan fingerprint density at radius 3 is 1.52 bits per heavy atom. The minimum absolute atomic E-state index is 0.0444. The predicted molar refractivity (Wildman–Crippen MR) is 124 cm³/mol. The lowest BCUT2D eigenvalue weighted by atomic mass is 10.0. The fourth-order valence-corrected chi connectivity index (χ4v) is 3.45. The first-order chi connectivity index (χ1) is 14.9. The highest BCUT2D eigenvalue weighted by Crippen LogP contribution is 2.36. The third-order valence-corrected chi connectivity index (χ3v) is 5.06. The van der Waals surface area contributed by atoms with Gasteiger partial charge in [-0.3, -0.25) is 9.98 Å². The van der Waals surface area contributed by atoms with Crippen LogP contribution in [-0.4, -0.2) is 36.9 Å². The fraction of sp³-hybridized carbons (Fsp3) is 0.200. The summed E-state index contributed by atoms with van der Waals surface area (Å²) in [7, 11) is 3.02. The molecule has 160 valence electrons. The first-order valence-electron chi connectivity index (χ1n) is 9.78. The lowest BCUT2D eigenvalue weighted by Gasteiger charge is -2.12. The summed E-state index contributed by atoms with van der Waals surface area (Å²) in [5.41, 5.74) is 5.56. The van der Waals surface area contributed by atoms with Crippen molar-refractivity contribution in [2.24, 2.45) is 9.98 Å². The van der Waals surface area contributed by atoms with E-state index in [9.17, 15) is 10.2 Å². The van der Waals surface area contributed by atoms with Crippen molar-refractivity contribution in [3.8, 4) is 23.0 Å². The summed E-state index contributed by atoms with van der Waals surface area (Å²) in [6.07, 6.45) is 3.23. The summed E-state index contributed by atoms with van der Waals surface area (Å²) in [6, 6.07) is 12.5. The molecule has 0 fully saturated rings. The summed E-state index contributed by atoms with van der Waals surface area (Å²) in [4.78, 5) is 9.26. The minimum atomic E-state index is 0.0444. The lowest BCUT2D eigenvalue weighted by Crippen LogP contribution is -1.91. The standard InChI is InChI=1S/C25H26N2O4/c1-15-12-16(2)23(27-14-19-9-7-11-21(31-5)25(19)29)17(3)22(15)26-13-18-8-6-10-20(30-4)24(18)28/h6-14,28-29H,1-5H3. The number of hydrogen-bond donors (Lipinski definition) is 2. The van der Waals surface area contributed by atoms with Crippen LogP contribution in [0.4, 0.5) is 11.4 Å². The number of hydrogen-bond acceptors (Lipinski definition) is 6. The summed E-state index contributed by atoms with van der Waals surface area (Å²) in [5, 5.41) is 20.6. The average molecular weight is 418 g/mol. The maximum Gasteiger partial charge on any atom is 0.166 e. The van der Waals surface area contributed by atoms with Gasteiger partial charge in [0.2, 0.25) is 0 Å². The van der Waals surface area contributed by atoms with Gasteiger partial charge in [-0.15, -0.1) is 0 Å². The molecule has 0 unspecified atom stereocenters. The van der Waals surface area contributed by atoms with Gasteiger partial charge in [0, 0.05) is 29.1 Å². The Morgan fingerprint density at radius 1 is 0.710 bits per heavy atom. The second-order valence-electron chi connectivity index (χ2n) is 7.15. The second kappa shape index (κ2) is 9.34. The van der Waals surface area contributed by atoms with Crippen molar-refractivity contribution >= 4 is 23.8 Å². The number of nitrogens with zero attached hydrogens (tertiary/aromatic N) is 2. The van der Waals surface area contributed by atoms with Gasteiger partial charge in [0.15, 0.2) is 23.0 Å². The Morgan fingerprint density at radius 2 is 1.13 bits per heavy atom. The number of phenolic OH excluding ortho intramolecular Hbond substituents is 2. The lowest BCUT2D eigenvalue weighted by molar-refractivity contribution is 0.373. The molecular formula is C25H26N2O4. The monoisotopic (exact) mass is 418 g/mol. The average Bonchev–Trinajstić information content (AvgIpc) is 2.75. The third kappa shape index (κ3) is 4.53. The van der Waals surface area contributed by atoms with Gasteiger partial charge in [0.1, 0.15) is 0 Å². The Hall–Kier alpha value is -3.80. The van der Waals surface area contributed by atoms with Crippen LogP contribution >= 0.6 is 0 Å². The maximum atomic E-state index is 10.3. The van der Waals surface area contributed by atoms with Gasteiger partial charge in [-0.1, -0.05) is 18.2 Å². The van der Waals surface area contributed by atoms with E-state index in [2.05, 4.69) is 9.98 Å². The van der Waals surface area contributed by atoms with Crippen LogP contribution in [0.15, 0.2) is 52.4 Å². The van der Waals surface area contributed by atoms with Crippen molar-refractivity contribution < 1.29 is 19.7 Å². The molecule has 0 aromatic heterocycles. The fourth-order valence-electron chi connectivity index (χ4n) is 3.45. The van der Waals surface area contributed by atoms with E-state index in [1.54, 1.807) is 48.8 Å². The number of phenols is 2. The Labute approximate surface area is 182 Å². The van der Waals surface area contributed by atoms with Crippen LogP contribution in [0.1, 0.15) is 27.8 Å². The van der Waals surface area contributed by atoms with Crippen LogP contribution in [0.5, 0.6) is 23.0 Å². The molecule has 6 heteroatoms. The number of methoxy groups -OCH3 is 2. The molecule has 0 aliphatic rings. The molecule has 3 aromatic carbocycles. The highest BCUT2D eigenvalue weighted by molar-refractivity contribution is 5.90. The van der Waals surface area contributed by atoms with Gasteiger partial charge < -0.3 is 19.7 Å². The van der Waals surface area contributed by atoms with Crippen molar-refractivity contribution in [1.29, 1.82) is 0 Å². The van der Waals surface area contributed by atoms with Gasteiger partial charge in [-0.2, -0.15) is 0 Å². The van der Waals surface area contributed by atoms with E-state index in [0.717, 1.165) is 28.1 Å². The van der Waals surface area contributed by atoms with E-state index in [1.165, 1.54) is 14.2 Å². The molecule has 0 amide bonds. The van der Waals surface area contributed by atoms with E-state index < -0.39 is 0 Å². The van der Waals surface area contributed by atoms with Gasteiger partial charge in [-0.25, -0.2) is 0 Å². The molecule has 0 heterocycles. The second-order valence-corrected chi connectivity index (χ2v) is 7.15. The third-order valence-electron chi connectivity index (χ3n) is 5.06. The first kappa shape index (κ1) is 21.9. The van der Waals surface area contributed by atoms with Crippen molar-refractivity contribution in [1.82, 2.24) is 0 Å². The van der Waals surface area contributed by atoms with E-state index >= 15 is 0 Å². The first-order valence-corrected chi connectivity index (χ1v) is 9.78. The van der Waals surface area contributed by atoms with Crippen molar-refractivity contribution in [2.45, 2.75) is 20.8 Å². The molecule has 3 rings (SSSR count). The van der Waals surface area contributed by atoms with Gasteiger partial charge in [0.05, 0.1) is 25.6 Å². The van der Waals surface area contributed by atoms with Gasteiger partial charge in [-0.05, 0) is 56.2 Å². The molecule has 0 radical (unpaired) electrons. The quantitative estimate of drug-likeness (QED) is 0.515. The van der Waals surface area contributed by atoms with Crippen LogP contribution < -0.4 is 9.47 Å². The van der Waals surface area contributed by atoms with E-state index in [4.69, 9.17) is 9.47 Å². The Kier molecular flexibility index (Phi) is 6.60. The Balaban J connectivity index is 2.01. The van der Waals surface area contributed by atoms with Crippen molar-refractivity contribution in [2.75, 3.05) is 14.2 Å². The number of aromatic hydroxyl groups is 2. The molecule has 0 bridgehead atoms. The summed E-state index contributed by atoms with van der Waals surface area (Å²) in [6.45, 7) is 5.93. The molecule has 0 aliphatic heterocycles. The molecule has 0 saturated heterocycles. The zero-order valence-electron chi connectivity index (χ0n) is 18.3. The molecule has 0 aliphatic carbocycles. The number of para-hydroxylation sites is 2. The van der Waals surface area contributed by atoms with Gasteiger partial charge in [0.25, 0.3) is 0 Å². The number of rotatable bonds is 6. The maximum absolute atomic E-state index is 10.3. The molecule has 31 heavy (non-hydrogen) atoms. The van der Waals surface area contributed by atoms with Gasteiger partial charge >= 0.3 is 0 Å². The minimum Gasteiger partial charge on any atom is -0.504 e. The summed E-state index contributed by atoms with van der Waals surface area (Å²) >= 11 is 0. The zero-order valence-corrected chi connectivity index (χ0v) is 18.3. The van der Waals surface area contributed by atoms with Crippen LogP contribution in [-0.2, 0) is 0 Å². The molecule has 0 spiro atoms. The SMILES string of the molecule is COc1cccc(C=Nc2c(C)cc(C)c(N=Cc3cccc(OC)c3O)c2C)c1O. The van der Waals surface area contributed by atoms with Crippen LogP contribution in [0.25, 0.3) is 0 Å². The number of benzene rings is 3. The molecule has 0 saturated carbocycles. The molecular weight excluding hydrogens is 392 g/mol. The zero-order chi connectivity index (χ0) is 22.5.